The van der Waals surface area contributed by atoms with Crippen molar-refractivity contribution in [1.29, 1.82) is 0 Å². The summed E-state index contributed by atoms with van der Waals surface area (Å²) >= 11 is 0. The van der Waals surface area contributed by atoms with Crippen LogP contribution in [0.2, 0.25) is 0 Å². The van der Waals surface area contributed by atoms with Crippen LogP contribution in [0.1, 0.15) is 39.0 Å². The molecule has 0 aromatic rings. The van der Waals surface area contributed by atoms with E-state index in [0.717, 1.165) is 32.1 Å². The highest BCUT2D eigenvalue weighted by Gasteiger charge is 2.06. The fraction of sp³-hybridized carbons (Fsp3) is 0.889. The molecule has 1 amide bonds. The second-order valence-electron chi connectivity index (χ2n) is 3.23. The maximum Gasteiger partial charge on any atom is 0.220 e. The molecule has 0 saturated heterocycles. The molecule has 3 nitrogen and oxygen atoms in total. The van der Waals surface area contributed by atoms with Gasteiger partial charge in [0.2, 0.25) is 5.91 Å². The van der Waals surface area contributed by atoms with Crippen LogP contribution < -0.4 is 5.73 Å². The molecule has 0 heterocycles. The number of rotatable bonds is 7. The van der Waals surface area contributed by atoms with Crippen LogP contribution in [0.3, 0.4) is 0 Å². The molecular formula is C9H19NO2. The molecule has 0 fully saturated rings. The molecule has 0 rings (SSSR count). The lowest BCUT2D eigenvalue weighted by atomic mass is 10.0. The van der Waals surface area contributed by atoms with Crippen LogP contribution in [0.15, 0.2) is 0 Å². The Kier molecular flexibility index (Phi) is 6.76. The molecule has 0 radical (unpaired) electrons. The topological polar surface area (TPSA) is 63.3 Å². The summed E-state index contributed by atoms with van der Waals surface area (Å²) in [5, 5.41) is 8.49. The summed E-state index contributed by atoms with van der Waals surface area (Å²) in [6.45, 7) is 2.12. The molecule has 0 aromatic carbocycles. The fourth-order valence-corrected chi connectivity index (χ4v) is 1.06. The number of aliphatic hydroxyl groups is 1. The van der Waals surface area contributed by atoms with Gasteiger partial charge in [-0.2, -0.15) is 0 Å². The monoisotopic (exact) mass is 173 g/mol. The van der Waals surface area contributed by atoms with Gasteiger partial charge >= 0.3 is 0 Å². The first-order valence-corrected chi connectivity index (χ1v) is 4.58. The summed E-state index contributed by atoms with van der Waals surface area (Å²) in [4.78, 5) is 10.6. The third-order valence-electron chi connectivity index (χ3n) is 2.03. The number of carbonyl (C=O) groups excluding carboxylic acids is 1. The molecule has 0 aliphatic rings. The highest BCUT2D eigenvalue weighted by atomic mass is 16.2. The van der Waals surface area contributed by atoms with E-state index in [4.69, 9.17) is 10.8 Å². The van der Waals surface area contributed by atoms with Crippen LogP contribution in [0.4, 0.5) is 0 Å². The summed E-state index contributed by atoms with van der Waals surface area (Å²) < 4.78 is 0. The normalized spacial score (nSPS) is 12.8. The fourth-order valence-electron chi connectivity index (χ4n) is 1.06. The number of aliphatic hydroxyl groups excluding tert-OH is 1. The van der Waals surface area contributed by atoms with Crippen molar-refractivity contribution in [3.63, 3.8) is 0 Å². The molecule has 0 spiro atoms. The second-order valence-corrected chi connectivity index (χ2v) is 3.23. The van der Waals surface area contributed by atoms with Gasteiger partial charge in [0.15, 0.2) is 0 Å². The van der Waals surface area contributed by atoms with E-state index in [9.17, 15) is 4.79 Å². The van der Waals surface area contributed by atoms with Crippen LogP contribution in [-0.2, 0) is 4.79 Å². The van der Waals surface area contributed by atoms with E-state index in [2.05, 4.69) is 0 Å². The van der Waals surface area contributed by atoms with Crippen LogP contribution in [0.5, 0.6) is 0 Å². The zero-order valence-corrected chi connectivity index (χ0v) is 7.75. The zero-order chi connectivity index (χ0) is 9.40. The number of carbonyl (C=O) groups is 1. The van der Waals surface area contributed by atoms with Gasteiger partial charge in [0.25, 0.3) is 0 Å². The Hall–Kier alpha value is -0.570. The maximum absolute atomic E-state index is 10.6. The molecule has 0 unspecified atom stereocenters. The lowest BCUT2D eigenvalue weighted by molar-refractivity contribution is -0.121. The van der Waals surface area contributed by atoms with Crippen molar-refractivity contribution >= 4 is 5.91 Å². The molecule has 0 bridgehead atoms. The number of hydrogen-bond donors (Lipinski definition) is 2. The minimum absolute atomic E-state index is 0.000809. The minimum atomic E-state index is -0.211. The minimum Gasteiger partial charge on any atom is -0.396 e. The number of hydrogen-bond acceptors (Lipinski definition) is 2. The molecule has 1 atom stereocenters. The zero-order valence-electron chi connectivity index (χ0n) is 7.75. The van der Waals surface area contributed by atoms with Gasteiger partial charge in [-0.15, -0.1) is 0 Å². The van der Waals surface area contributed by atoms with Crippen molar-refractivity contribution in [2.45, 2.75) is 39.0 Å². The van der Waals surface area contributed by atoms with Gasteiger partial charge in [0.05, 0.1) is 0 Å². The van der Waals surface area contributed by atoms with E-state index in [1.54, 1.807) is 0 Å². The summed E-state index contributed by atoms with van der Waals surface area (Å²) in [7, 11) is 0. The molecule has 72 valence electrons. The Morgan fingerprint density at radius 1 is 1.33 bits per heavy atom. The van der Waals surface area contributed by atoms with Crippen molar-refractivity contribution in [2.75, 3.05) is 6.61 Å². The van der Waals surface area contributed by atoms with E-state index in [0.29, 0.717) is 0 Å². The van der Waals surface area contributed by atoms with Gasteiger partial charge in [0, 0.05) is 12.5 Å². The van der Waals surface area contributed by atoms with Crippen molar-refractivity contribution in [1.82, 2.24) is 0 Å². The number of amides is 1. The number of nitrogens with two attached hydrogens (primary N) is 1. The molecular weight excluding hydrogens is 154 g/mol. The van der Waals surface area contributed by atoms with Gasteiger partial charge in [0.1, 0.15) is 0 Å². The van der Waals surface area contributed by atoms with E-state index in [-0.39, 0.29) is 18.4 Å². The third-order valence-corrected chi connectivity index (χ3v) is 2.03. The van der Waals surface area contributed by atoms with Crippen molar-refractivity contribution in [3.8, 4) is 0 Å². The van der Waals surface area contributed by atoms with Crippen LogP contribution in [0.25, 0.3) is 0 Å². The van der Waals surface area contributed by atoms with Gasteiger partial charge in [-0.25, -0.2) is 0 Å². The first-order valence-electron chi connectivity index (χ1n) is 4.58. The first-order chi connectivity index (χ1) is 5.68. The Balaban J connectivity index is 3.14. The van der Waals surface area contributed by atoms with Crippen molar-refractivity contribution < 1.29 is 9.90 Å². The number of unbranched alkanes of at least 4 members (excludes halogenated alkanes) is 3. The predicted molar refractivity (Wildman–Crippen MR) is 48.5 cm³/mol. The van der Waals surface area contributed by atoms with Crippen LogP contribution in [0, 0.1) is 5.92 Å². The van der Waals surface area contributed by atoms with Crippen LogP contribution in [-0.4, -0.2) is 17.6 Å². The SMILES string of the molecule is C[C@@H](CCCCCCO)C(N)=O. The maximum atomic E-state index is 10.6. The average molecular weight is 173 g/mol. The molecule has 3 N–H and O–H groups in total. The molecule has 0 aromatic heterocycles. The Bertz CT molecular complexity index is 126. The Labute approximate surface area is 74.0 Å². The standard InChI is InChI=1S/C9H19NO2/c1-8(9(10)12)6-4-2-3-5-7-11/h8,11H,2-7H2,1H3,(H2,10,12)/t8-/m0/s1. The van der Waals surface area contributed by atoms with Crippen LogP contribution >= 0.6 is 0 Å². The van der Waals surface area contributed by atoms with Crippen molar-refractivity contribution in [2.24, 2.45) is 11.7 Å². The smallest absolute Gasteiger partial charge is 0.220 e. The molecule has 3 heteroatoms. The summed E-state index contributed by atoms with van der Waals surface area (Å²) in [6.07, 6.45) is 4.90. The highest BCUT2D eigenvalue weighted by molar-refractivity contribution is 5.76. The lowest BCUT2D eigenvalue weighted by Crippen LogP contribution is -2.20. The van der Waals surface area contributed by atoms with E-state index in [1.165, 1.54) is 0 Å². The van der Waals surface area contributed by atoms with Gasteiger partial charge in [-0.1, -0.05) is 26.2 Å². The van der Waals surface area contributed by atoms with Gasteiger partial charge < -0.3 is 10.8 Å². The average Bonchev–Trinajstić information content (AvgIpc) is 2.03. The third kappa shape index (κ3) is 6.16. The lowest BCUT2D eigenvalue weighted by Gasteiger charge is -2.05. The van der Waals surface area contributed by atoms with E-state index >= 15 is 0 Å². The molecule has 12 heavy (non-hydrogen) atoms. The highest BCUT2D eigenvalue weighted by Crippen LogP contribution is 2.09. The Morgan fingerprint density at radius 3 is 2.42 bits per heavy atom. The summed E-state index contributed by atoms with van der Waals surface area (Å²) in [6, 6.07) is 0. The quantitative estimate of drug-likeness (QED) is 0.565. The molecule has 0 saturated carbocycles. The second kappa shape index (κ2) is 7.10. The van der Waals surface area contributed by atoms with Gasteiger partial charge in [-0.3, -0.25) is 4.79 Å². The Morgan fingerprint density at radius 2 is 1.92 bits per heavy atom. The summed E-state index contributed by atoms with van der Waals surface area (Å²) in [5.74, 6) is -0.212. The van der Waals surface area contributed by atoms with Crippen molar-refractivity contribution in [3.05, 3.63) is 0 Å². The van der Waals surface area contributed by atoms with E-state index in [1.807, 2.05) is 6.92 Å². The molecule has 0 aliphatic heterocycles. The van der Waals surface area contributed by atoms with Gasteiger partial charge in [-0.05, 0) is 12.8 Å². The number of primary amides is 1. The van der Waals surface area contributed by atoms with E-state index < -0.39 is 0 Å². The first kappa shape index (κ1) is 11.4. The predicted octanol–water partition coefficient (Wildman–Crippen LogP) is 1.05. The largest absolute Gasteiger partial charge is 0.396 e. The summed E-state index contributed by atoms with van der Waals surface area (Å²) in [5.41, 5.74) is 5.10. The molecule has 0 aliphatic carbocycles.